The molecule has 0 saturated carbocycles. The number of amides is 1. The van der Waals surface area contributed by atoms with E-state index >= 15 is 0 Å². The number of rotatable bonds is 5. The molecular formula is C15H24N2O. The lowest BCUT2D eigenvalue weighted by Gasteiger charge is -2.21. The topological polar surface area (TPSA) is 55.1 Å². The second kappa shape index (κ2) is 6.55. The van der Waals surface area contributed by atoms with Crippen molar-refractivity contribution in [1.82, 2.24) is 5.32 Å². The lowest BCUT2D eigenvalue weighted by atomic mass is 9.98. The van der Waals surface area contributed by atoms with E-state index in [1.54, 1.807) is 0 Å². The van der Waals surface area contributed by atoms with Gasteiger partial charge < -0.3 is 11.1 Å². The molecule has 18 heavy (non-hydrogen) atoms. The van der Waals surface area contributed by atoms with Crippen molar-refractivity contribution in [3.8, 4) is 0 Å². The van der Waals surface area contributed by atoms with Gasteiger partial charge in [-0.3, -0.25) is 4.79 Å². The minimum absolute atomic E-state index is 0.00629. The number of hydrogen-bond donors (Lipinski definition) is 2. The Bertz CT molecular complexity index is 386. The summed E-state index contributed by atoms with van der Waals surface area (Å²) in [6, 6.07) is 7.74. The second-order valence-electron chi connectivity index (χ2n) is 5.05. The Labute approximate surface area is 110 Å². The van der Waals surface area contributed by atoms with E-state index < -0.39 is 6.04 Å². The van der Waals surface area contributed by atoms with Gasteiger partial charge in [0.05, 0.1) is 12.1 Å². The van der Waals surface area contributed by atoms with E-state index in [2.05, 4.69) is 5.32 Å². The van der Waals surface area contributed by atoms with Gasteiger partial charge in [-0.1, -0.05) is 50.1 Å². The van der Waals surface area contributed by atoms with E-state index in [1.165, 1.54) is 5.56 Å². The van der Waals surface area contributed by atoms with Crippen LogP contribution < -0.4 is 11.1 Å². The maximum atomic E-state index is 12.0. The van der Waals surface area contributed by atoms with Crippen LogP contribution in [-0.4, -0.2) is 11.9 Å². The van der Waals surface area contributed by atoms with Crippen LogP contribution in [0.1, 0.15) is 44.4 Å². The average Bonchev–Trinajstić information content (AvgIpc) is 2.37. The van der Waals surface area contributed by atoms with Gasteiger partial charge in [0.1, 0.15) is 0 Å². The zero-order valence-corrected chi connectivity index (χ0v) is 11.7. The van der Waals surface area contributed by atoms with Gasteiger partial charge in [-0.25, -0.2) is 0 Å². The van der Waals surface area contributed by atoms with Gasteiger partial charge >= 0.3 is 0 Å². The van der Waals surface area contributed by atoms with E-state index in [4.69, 9.17) is 5.73 Å². The van der Waals surface area contributed by atoms with Crippen LogP contribution in [0.25, 0.3) is 0 Å². The normalized spacial score (nSPS) is 15.8. The zero-order chi connectivity index (χ0) is 13.7. The molecule has 0 fully saturated rings. The molecule has 1 aromatic carbocycles. The van der Waals surface area contributed by atoms with Crippen LogP contribution in [-0.2, 0) is 4.79 Å². The molecule has 0 aliphatic carbocycles. The molecule has 1 aromatic rings. The number of aryl methyl sites for hydroxylation is 1. The summed E-state index contributed by atoms with van der Waals surface area (Å²) in [6.45, 7) is 8.07. The zero-order valence-electron chi connectivity index (χ0n) is 11.7. The highest BCUT2D eigenvalue weighted by atomic mass is 16.2. The largest absolute Gasteiger partial charge is 0.348 e. The fourth-order valence-corrected chi connectivity index (χ4v) is 1.76. The van der Waals surface area contributed by atoms with Crippen molar-refractivity contribution in [1.29, 1.82) is 0 Å². The minimum atomic E-state index is -0.428. The summed E-state index contributed by atoms with van der Waals surface area (Å²) in [5.74, 6) is 0.132. The number of benzene rings is 1. The van der Waals surface area contributed by atoms with E-state index in [9.17, 15) is 4.79 Å². The van der Waals surface area contributed by atoms with Gasteiger partial charge in [0.25, 0.3) is 0 Å². The third kappa shape index (κ3) is 3.84. The number of carbonyl (C=O) groups is 1. The Balaban J connectivity index is 2.61. The van der Waals surface area contributed by atoms with E-state index in [-0.39, 0.29) is 17.9 Å². The van der Waals surface area contributed by atoms with Gasteiger partial charge in [-0.15, -0.1) is 0 Å². The molecule has 0 radical (unpaired) electrons. The first kappa shape index (κ1) is 14.7. The SMILES string of the molecule is CCC(C)C(N)C(=O)N[C@@H](C)c1ccc(C)cc1. The highest BCUT2D eigenvalue weighted by molar-refractivity contribution is 5.82. The Kier molecular flexibility index (Phi) is 5.35. The molecule has 2 unspecified atom stereocenters. The van der Waals surface area contributed by atoms with Crippen LogP contribution in [0.5, 0.6) is 0 Å². The summed E-state index contributed by atoms with van der Waals surface area (Å²) < 4.78 is 0. The van der Waals surface area contributed by atoms with Gasteiger partial charge in [0.2, 0.25) is 5.91 Å². The van der Waals surface area contributed by atoms with Crippen LogP contribution in [0.3, 0.4) is 0 Å². The number of nitrogens with one attached hydrogen (secondary N) is 1. The average molecular weight is 248 g/mol. The lowest BCUT2D eigenvalue weighted by molar-refractivity contribution is -0.124. The molecule has 0 aliphatic rings. The van der Waals surface area contributed by atoms with Crippen LogP contribution in [0.2, 0.25) is 0 Å². The third-order valence-electron chi connectivity index (χ3n) is 3.50. The molecule has 3 heteroatoms. The number of carbonyl (C=O) groups excluding carboxylic acids is 1. The monoisotopic (exact) mass is 248 g/mol. The molecule has 3 atom stereocenters. The van der Waals surface area contributed by atoms with E-state index in [0.717, 1.165) is 12.0 Å². The molecule has 0 bridgehead atoms. The molecule has 100 valence electrons. The lowest BCUT2D eigenvalue weighted by Crippen LogP contribution is -2.45. The summed E-state index contributed by atoms with van der Waals surface area (Å²) in [5.41, 5.74) is 8.23. The van der Waals surface area contributed by atoms with Crippen LogP contribution in [0.15, 0.2) is 24.3 Å². The third-order valence-corrected chi connectivity index (χ3v) is 3.50. The van der Waals surface area contributed by atoms with Gasteiger partial charge in [-0.05, 0) is 25.3 Å². The molecule has 3 nitrogen and oxygen atoms in total. The van der Waals surface area contributed by atoms with Crippen molar-refractivity contribution in [2.24, 2.45) is 11.7 Å². The fraction of sp³-hybridized carbons (Fsp3) is 0.533. The Morgan fingerprint density at radius 2 is 1.83 bits per heavy atom. The first-order chi connectivity index (χ1) is 8.45. The maximum Gasteiger partial charge on any atom is 0.237 e. The molecule has 0 heterocycles. The highest BCUT2D eigenvalue weighted by Crippen LogP contribution is 2.14. The molecule has 0 saturated heterocycles. The molecule has 1 rings (SSSR count). The second-order valence-corrected chi connectivity index (χ2v) is 5.05. The Morgan fingerprint density at radius 3 is 2.33 bits per heavy atom. The predicted molar refractivity (Wildman–Crippen MR) is 75.2 cm³/mol. The predicted octanol–water partition coefficient (Wildman–Crippen LogP) is 2.55. The fourth-order valence-electron chi connectivity index (χ4n) is 1.76. The van der Waals surface area contributed by atoms with Gasteiger partial charge in [-0.2, -0.15) is 0 Å². The van der Waals surface area contributed by atoms with Gasteiger partial charge in [0, 0.05) is 0 Å². The molecule has 0 aliphatic heterocycles. The van der Waals surface area contributed by atoms with Crippen molar-refractivity contribution >= 4 is 5.91 Å². The van der Waals surface area contributed by atoms with Crippen LogP contribution in [0.4, 0.5) is 0 Å². The molecule has 0 spiro atoms. The maximum absolute atomic E-state index is 12.0. The molecule has 1 amide bonds. The Morgan fingerprint density at radius 1 is 1.28 bits per heavy atom. The summed E-state index contributed by atoms with van der Waals surface area (Å²) >= 11 is 0. The van der Waals surface area contributed by atoms with Crippen molar-refractivity contribution < 1.29 is 4.79 Å². The highest BCUT2D eigenvalue weighted by Gasteiger charge is 2.20. The van der Waals surface area contributed by atoms with Crippen LogP contribution >= 0.6 is 0 Å². The minimum Gasteiger partial charge on any atom is -0.348 e. The first-order valence-corrected chi connectivity index (χ1v) is 6.58. The summed E-state index contributed by atoms with van der Waals surface area (Å²) in [4.78, 5) is 12.0. The van der Waals surface area contributed by atoms with Gasteiger partial charge in [0.15, 0.2) is 0 Å². The smallest absolute Gasteiger partial charge is 0.237 e. The standard InChI is InChI=1S/C15H24N2O/c1-5-11(3)14(16)15(18)17-12(4)13-8-6-10(2)7-9-13/h6-9,11-12,14H,5,16H2,1-4H3,(H,17,18)/t11?,12-,14?/m0/s1. The summed E-state index contributed by atoms with van der Waals surface area (Å²) in [7, 11) is 0. The quantitative estimate of drug-likeness (QED) is 0.841. The van der Waals surface area contributed by atoms with E-state index in [0.29, 0.717) is 0 Å². The van der Waals surface area contributed by atoms with Crippen molar-refractivity contribution in [2.45, 2.75) is 46.2 Å². The molecule has 3 N–H and O–H groups in total. The number of hydrogen-bond acceptors (Lipinski definition) is 2. The molecular weight excluding hydrogens is 224 g/mol. The van der Waals surface area contributed by atoms with E-state index in [1.807, 2.05) is 52.0 Å². The van der Waals surface area contributed by atoms with Crippen LogP contribution in [0, 0.1) is 12.8 Å². The summed E-state index contributed by atoms with van der Waals surface area (Å²) in [6.07, 6.45) is 0.910. The number of nitrogens with two attached hydrogens (primary N) is 1. The summed E-state index contributed by atoms with van der Waals surface area (Å²) in [5, 5.41) is 2.97. The Hall–Kier alpha value is -1.35. The van der Waals surface area contributed by atoms with Crippen molar-refractivity contribution in [3.05, 3.63) is 35.4 Å². The van der Waals surface area contributed by atoms with Crippen molar-refractivity contribution in [3.63, 3.8) is 0 Å². The first-order valence-electron chi connectivity index (χ1n) is 6.58. The molecule has 0 aromatic heterocycles. The van der Waals surface area contributed by atoms with Crippen molar-refractivity contribution in [2.75, 3.05) is 0 Å².